The molecule has 0 unspecified atom stereocenters. The van der Waals surface area contributed by atoms with Crippen molar-refractivity contribution < 1.29 is 9.90 Å². The van der Waals surface area contributed by atoms with E-state index in [2.05, 4.69) is 5.10 Å². The number of carboxylic acid groups (broad SMARTS) is 1. The molecule has 0 aliphatic carbocycles. The molecule has 64 valence electrons. The van der Waals surface area contributed by atoms with Crippen LogP contribution in [0.15, 0.2) is 16.5 Å². The van der Waals surface area contributed by atoms with Gasteiger partial charge in [0, 0.05) is 4.88 Å². The van der Waals surface area contributed by atoms with Gasteiger partial charge in [-0.05, 0) is 23.9 Å². The van der Waals surface area contributed by atoms with E-state index < -0.39 is 6.09 Å². The molecule has 12 heavy (non-hydrogen) atoms. The summed E-state index contributed by atoms with van der Waals surface area (Å²) in [5, 5.41) is 13.6. The molecule has 0 saturated heterocycles. The first-order chi connectivity index (χ1) is 5.70. The van der Waals surface area contributed by atoms with Crippen molar-refractivity contribution in [2.75, 3.05) is 0 Å². The Labute approximate surface area is 73.5 Å². The highest BCUT2D eigenvalue weighted by Gasteiger charge is 1.94. The molecule has 0 spiro atoms. The predicted octanol–water partition coefficient (Wildman–Crippen LogP) is 1.66. The summed E-state index contributed by atoms with van der Waals surface area (Å²) in [4.78, 5) is 11.0. The summed E-state index contributed by atoms with van der Waals surface area (Å²) >= 11 is 1.52. The van der Waals surface area contributed by atoms with Crippen LogP contribution in [0.25, 0.3) is 0 Å². The SMILES string of the molecule is Cc1ccsc1/C=N/NC(=O)O. The Balaban J connectivity index is 2.57. The molecule has 1 amide bonds. The Kier molecular flexibility index (Phi) is 2.82. The Bertz CT molecular complexity index is 306. The number of nitrogens with one attached hydrogen (secondary N) is 1. The van der Waals surface area contributed by atoms with Gasteiger partial charge in [0.05, 0.1) is 6.21 Å². The molecule has 0 aromatic carbocycles. The van der Waals surface area contributed by atoms with Crippen LogP contribution in [-0.2, 0) is 0 Å². The summed E-state index contributed by atoms with van der Waals surface area (Å²) in [5.74, 6) is 0. The molecule has 2 N–H and O–H groups in total. The highest BCUT2D eigenvalue weighted by Crippen LogP contribution is 2.11. The van der Waals surface area contributed by atoms with Gasteiger partial charge in [-0.2, -0.15) is 5.10 Å². The fourth-order valence-electron chi connectivity index (χ4n) is 0.663. The van der Waals surface area contributed by atoms with Gasteiger partial charge in [-0.25, -0.2) is 10.2 Å². The van der Waals surface area contributed by atoms with Gasteiger partial charge in [0.15, 0.2) is 0 Å². The first kappa shape index (κ1) is 8.73. The molecule has 0 bridgehead atoms. The van der Waals surface area contributed by atoms with Crippen LogP contribution >= 0.6 is 11.3 Å². The molecule has 0 radical (unpaired) electrons. The number of aryl methyl sites for hydroxylation is 1. The zero-order valence-electron chi connectivity index (χ0n) is 6.44. The van der Waals surface area contributed by atoms with Crippen LogP contribution < -0.4 is 5.43 Å². The molecule has 1 aromatic heterocycles. The molecule has 0 saturated carbocycles. The van der Waals surface area contributed by atoms with Gasteiger partial charge < -0.3 is 5.11 Å². The Morgan fingerprint density at radius 1 is 1.83 bits per heavy atom. The van der Waals surface area contributed by atoms with Crippen molar-refractivity contribution in [3.05, 3.63) is 21.9 Å². The monoisotopic (exact) mass is 184 g/mol. The molecule has 4 nitrogen and oxygen atoms in total. The molecule has 1 aromatic rings. The number of hydrogen-bond donors (Lipinski definition) is 2. The van der Waals surface area contributed by atoms with Crippen LogP contribution in [0, 0.1) is 6.92 Å². The van der Waals surface area contributed by atoms with Crippen molar-refractivity contribution in [3.8, 4) is 0 Å². The summed E-state index contributed by atoms with van der Waals surface area (Å²) in [7, 11) is 0. The van der Waals surface area contributed by atoms with E-state index in [1.54, 1.807) is 0 Å². The topological polar surface area (TPSA) is 61.7 Å². The van der Waals surface area contributed by atoms with Gasteiger partial charge in [-0.3, -0.25) is 0 Å². The predicted molar refractivity (Wildman–Crippen MR) is 47.8 cm³/mol. The van der Waals surface area contributed by atoms with Crippen molar-refractivity contribution in [2.45, 2.75) is 6.92 Å². The minimum Gasteiger partial charge on any atom is -0.464 e. The van der Waals surface area contributed by atoms with Crippen LogP contribution in [0.4, 0.5) is 4.79 Å². The molecule has 5 heteroatoms. The average Bonchev–Trinajstić information content (AvgIpc) is 2.36. The number of amides is 1. The first-order valence-electron chi connectivity index (χ1n) is 3.26. The normalized spacial score (nSPS) is 10.4. The summed E-state index contributed by atoms with van der Waals surface area (Å²) in [5.41, 5.74) is 3.00. The van der Waals surface area contributed by atoms with Crippen LogP contribution in [0.1, 0.15) is 10.4 Å². The molecular formula is C7H8N2O2S. The van der Waals surface area contributed by atoms with E-state index in [-0.39, 0.29) is 0 Å². The molecule has 0 atom stereocenters. The standard InChI is InChI=1S/C7H8N2O2S/c1-5-2-3-12-6(5)4-8-9-7(10)11/h2-4,9H,1H3,(H,10,11)/b8-4+. The minimum atomic E-state index is -1.15. The van der Waals surface area contributed by atoms with E-state index in [1.165, 1.54) is 17.6 Å². The van der Waals surface area contributed by atoms with E-state index in [0.717, 1.165) is 10.4 Å². The second kappa shape index (κ2) is 3.87. The summed E-state index contributed by atoms with van der Waals surface area (Å²) in [6, 6.07) is 1.95. The van der Waals surface area contributed by atoms with E-state index in [4.69, 9.17) is 5.11 Å². The van der Waals surface area contributed by atoms with Crippen molar-refractivity contribution in [3.63, 3.8) is 0 Å². The molecule has 0 fully saturated rings. The number of carbonyl (C=O) groups is 1. The fourth-order valence-corrected chi connectivity index (χ4v) is 1.45. The third kappa shape index (κ3) is 2.35. The molecule has 1 heterocycles. The molecule has 1 rings (SSSR count). The second-order valence-electron chi connectivity index (χ2n) is 2.14. The lowest BCUT2D eigenvalue weighted by Gasteiger charge is -1.89. The Hall–Kier alpha value is -1.36. The van der Waals surface area contributed by atoms with Gasteiger partial charge in [-0.1, -0.05) is 0 Å². The lowest BCUT2D eigenvalue weighted by Crippen LogP contribution is -2.13. The van der Waals surface area contributed by atoms with Crippen LogP contribution in [0.2, 0.25) is 0 Å². The highest BCUT2D eigenvalue weighted by atomic mass is 32.1. The van der Waals surface area contributed by atoms with E-state index in [9.17, 15) is 4.79 Å². The quantitative estimate of drug-likeness (QED) is 0.542. The average molecular weight is 184 g/mol. The first-order valence-corrected chi connectivity index (χ1v) is 4.14. The lowest BCUT2D eigenvalue weighted by molar-refractivity contribution is 0.195. The smallest absolute Gasteiger partial charge is 0.425 e. The van der Waals surface area contributed by atoms with Gasteiger partial charge in [0.1, 0.15) is 0 Å². The van der Waals surface area contributed by atoms with E-state index in [1.807, 2.05) is 23.8 Å². The lowest BCUT2D eigenvalue weighted by atomic mass is 10.3. The van der Waals surface area contributed by atoms with Crippen LogP contribution in [0.3, 0.4) is 0 Å². The molecule has 0 aliphatic rings. The van der Waals surface area contributed by atoms with Gasteiger partial charge in [0.2, 0.25) is 0 Å². The number of rotatable bonds is 2. The third-order valence-electron chi connectivity index (χ3n) is 1.24. The zero-order valence-corrected chi connectivity index (χ0v) is 7.26. The number of nitrogens with zero attached hydrogens (tertiary/aromatic N) is 1. The maximum atomic E-state index is 9.99. The Morgan fingerprint density at radius 2 is 2.58 bits per heavy atom. The maximum absolute atomic E-state index is 9.99. The maximum Gasteiger partial charge on any atom is 0.425 e. The van der Waals surface area contributed by atoms with Crippen molar-refractivity contribution in [1.82, 2.24) is 5.43 Å². The van der Waals surface area contributed by atoms with Gasteiger partial charge in [0.25, 0.3) is 0 Å². The summed E-state index contributed by atoms with van der Waals surface area (Å²) in [6.45, 7) is 1.94. The number of thiophene rings is 1. The van der Waals surface area contributed by atoms with Crippen LogP contribution in [0.5, 0.6) is 0 Å². The van der Waals surface area contributed by atoms with Gasteiger partial charge >= 0.3 is 6.09 Å². The highest BCUT2D eigenvalue weighted by molar-refractivity contribution is 7.11. The summed E-state index contributed by atoms with van der Waals surface area (Å²) < 4.78 is 0. The van der Waals surface area contributed by atoms with Gasteiger partial charge in [-0.15, -0.1) is 11.3 Å². The fraction of sp³-hybridized carbons (Fsp3) is 0.143. The van der Waals surface area contributed by atoms with E-state index in [0.29, 0.717) is 0 Å². The Morgan fingerprint density at radius 3 is 3.08 bits per heavy atom. The largest absolute Gasteiger partial charge is 0.464 e. The van der Waals surface area contributed by atoms with Crippen molar-refractivity contribution >= 4 is 23.6 Å². The van der Waals surface area contributed by atoms with Crippen molar-refractivity contribution in [2.24, 2.45) is 5.10 Å². The molecule has 0 aliphatic heterocycles. The number of hydrogen-bond acceptors (Lipinski definition) is 3. The zero-order chi connectivity index (χ0) is 8.97. The van der Waals surface area contributed by atoms with Crippen molar-refractivity contribution in [1.29, 1.82) is 0 Å². The summed E-state index contributed by atoms with van der Waals surface area (Å²) in [6.07, 6.45) is 0.342. The molecular weight excluding hydrogens is 176 g/mol. The minimum absolute atomic E-state index is 0.962. The van der Waals surface area contributed by atoms with E-state index >= 15 is 0 Å². The third-order valence-corrected chi connectivity index (χ3v) is 2.20. The second-order valence-corrected chi connectivity index (χ2v) is 3.09. The number of hydrazone groups is 1. The van der Waals surface area contributed by atoms with Crippen LogP contribution in [-0.4, -0.2) is 17.4 Å².